The molecule has 1 rings (SSSR count). The van der Waals surface area contributed by atoms with Crippen LogP contribution in [-0.2, 0) is 9.47 Å². The van der Waals surface area contributed by atoms with E-state index in [4.69, 9.17) is 4.74 Å². The van der Waals surface area contributed by atoms with Gasteiger partial charge in [0, 0.05) is 20.6 Å². The average Bonchev–Trinajstić information content (AvgIpc) is 2.14. The molecule has 0 heterocycles. The van der Waals surface area contributed by atoms with Crippen molar-refractivity contribution in [3.8, 4) is 0 Å². The van der Waals surface area contributed by atoms with Crippen LogP contribution in [0.1, 0.15) is 6.42 Å². The third kappa shape index (κ3) is 1.61. The number of hydrogen-bond acceptors (Lipinski definition) is 5. The summed E-state index contributed by atoms with van der Waals surface area (Å²) in [4.78, 5) is 0. The lowest BCUT2D eigenvalue weighted by Gasteiger charge is -2.41. The SMILES string of the molecule is COC1(O)C=CCC(O)(OC)C1O. The molecule has 1 aliphatic carbocycles. The number of ether oxygens (including phenoxy) is 2. The first kappa shape index (κ1) is 10.6. The van der Waals surface area contributed by atoms with Gasteiger partial charge in [-0.05, 0) is 6.08 Å². The highest BCUT2D eigenvalue weighted by Crippen LogP contribution is 2.31. The van der Waals surface area contributed by atoms with Gasteiger partial charge in [-0.25, -0.2) is 0 Å². The molecule has 0 spiro atoms. The Bertz CT molecular complexity index is 217. The van der Waals surface area contributed by atoms with Gasteiger partial charge in [0.15, 0.2) is 6.10 Å². The second-order valence-corrected chi connectivity index (χ2v) is 3.01. The molecule has 0 aromatic heterocycles. The molecule has 13 heavy (non-hydrogen) atoms. The molecule has 0 aromatic rings. The van der Waals surface area contributed by atoms with Crippen molar-refractivity contribution in [2.45, 2.75) is 24.1 Å². The minimum absolute atomic E-state index is 0.107. The van der Waals surface area contributed by atoms with E-state index in [1.807, 2.05) is 0 Å². The molecule has 1 aliphatic rings. The molecule has 5 nitrogen and oxygen atoms in total. The van der Waals surface area contributed by atoms with Crippen molar-refractivity contribution in [2.75, 3.05) is 14.2 Å². The fraction of sp³-hybridized carbons (Fsp3) is 0.750. The van der Waals surface area contributed by atoms with Gasteiger partial charge in [-0.1, -0.05) is 6.08 Å². The highest BCUT2D eigenvalue weighted by molar-refractivity contribution is 5.10. The maximum Gasteiger partial charge on any atom is 0.217 e. The van der Waals surface area contributed by atoms with Crippen LogP contribution in [0.2, 0.25) is 0 Å². The Morgan fingerprint density at radius 2 is 1.92 bits per heavy atom. The Labute approximate surface area is 76.2 Å². The van der Waals surface area contributed by atoms with Crippen molar-refractivity contribution in [2.24, 2.45) is 0 Å². The molecule has 5 heteroatoms. The number of hydrogen-bond donors (Lipinski definition) is 3. The van der Waals surface area contributed by atoms with Gasteiger partial charge in [0.2, 0.25) is 11.6 Å². The van der Waals surface area contributed by atoms with Gasteiger partial charge >= 0.3 is 0 Å². The quantitative estimate of drug-likeness (QED) is 0.383. The molecule has 0 amide bonds. The Morgan fingerprint density at radius 1 is 1.31 bits per heavy atom. The monoisotopic (exact) mass is 190 g/mol. The van der Waals surface area contributed by atoms with Gasteiger partial charge in [-0.3, -0.25) is 0 Å². The van der Waals surface area contributed by atoms with Gasteiger partial charge in [-0.2, -0.15) is 0 Å². The highest BCUT2D eigenvalue weighted by atomic mass is 16.7. The molecule has 76 valence electrons. The summed E-state index contributed by atoms with van der Waals surface area (Å²) in [5, 5.41) is 28.8. The van der Waals surface area contributed by atoms with Crippen molar-refractivity contribution in [1.29, 1.82) is 0 Å². The zero-order chi connectivity index (χ0) is 10.1. The highest BCUT2D eigenvalue weighted by Gasteiger charge is 2.50. The Hall–Kier alpha value is -0.460. The summed E-state index contributed by atoms with van der Waals surface area (Å²) in [6, 6.07) is 0. The van der Waals surface area contributed by atoms with Gasteiger partial charge in [0.1, 0.15) is 0 Å². The molecule has 0 aromatic carbocycles. The third-order valence-electron chi connectivity index (χ3n) is 2.27. The van der Waals surface area contributed by atoms with Gasteiger partial charge in [0.25, 0.3) is 0 Å². The molecule has 0 saturated heterocycles. The summed E-state index contributed by atoms with van der Waals surface area (Å²) < 4.78 is 9.37. The van der Waals surface area contributed by atoms with E-state index in [0.29, 0.717) is 0 Å². The predicted molar refractivity (Wildman–Crippen MR) is 43.7 cm³/mol. The Kier molecular flexibility index (Phi) is 2.74. The summed E-state index contributed by atoms with van der Waals surface area (Å²) in [5.41, 5.74) is 0. The Balaban J connectivity index is 2.95. The molecule has 0 fully saturated rings. The lowest BCUT2D eigenvalue weighted by molar-refractivity contribution is -0.325. The second-order valence-electron chi connectivity index (χ2n) is 3.01. The van der Waals surface area contributed by atoms with E-state index in [1.54, 1.807) is 0 Å². The van der Waals surface area contributed by atoms with Crippen LogP contribution in [0.5, 0.6) is 0 Å². The molecule has 3 atom stereocenters. The molecular formula is C8H14O5. The standard InChI is InChI=1S/C8H14O5/c1-12-7(10)4-3-5-8(11,13-2)6(7)9/h3-4,6,9-11H,5H2,1-2H3. The smallest absolute Gasteiger partial charge is 0.217 e. The lowest BCUT2D eigenvalue weighted by Crippen LogP contribution is -2.59. The van der Waals surface area contributed by atoms with Crippen molar-refractivity contribution in [3.63, 3.8) is 0 Å². The third-order valence-corrected chi connectivity index (χ3v) is 2.27. The number of methoxy groups -OCH3 is 2. The van der Waals surface area contributed by atoms with Gasteiger partial charge in [-0.15, -0.1) is 0 Å². The maximum absolute atomic E-state index is 9.65. The van der Waals surface area contributed by atoms with Crippen LogP contribution < -0.4 is 0 Å². The van der Waals surface area contributed by atoms with Crippen LogP contribution in [-0.4, -0.2) is 47.2 Å². The molecule has 3 unspecified atom stereocenters. The van der Waals surface area contributed by atoms with Crippen LogP contribution in [0.3, 0.4) is 0 Å². The van der Waals surface area contributed by atoms with Crippen LogP contribution in [0, 0.1) is 0 Å². The zero-order valence-electron chi connectivity index (χ0n) is 7.60. The summed E-state index contributed by atoms with van der Waals surface area (Å²) in [6.07, 6.45) is 1.35. The minimum atomic E-state index is -1.89. The van der Waals surface area contributed by atoms with Crippen molar-refractivity contribution in [3.05, 3.63) is 12.2 Å². The topological polar surface area (TPSA) is 79.2 Å². The van der Waals surface area contributed by atoms with E-state index in [9.17, 15) is 15.3 Å². The van der Waals surface area contributed by atoms with E-state index >= 15 is 0 Å². The van der Waals surface area contributed by atoms with E-state index in [2.05, 4.69) is 4.74 Å². The molecular weight excluding hydrogens is 176 g/mol. The van der Waals surface area contributed by atoms with Crippen LogP contribution in [0.15, 0.2) is 12.2 Å². The van der Waals surface area contributed by atoms with Gasteiger partial charge in [0.05, 0.1) is 0 Å². The lowest BCUT2D eigenvalue weighted by atomic mass is 9.92. The second kappa shape index (κ2) is 3.36. The summed E-state index contributed by atoms with van der Waals surface area (Å²) in [7, 11) is 2.48. The summed E-state index contributed by atoms with van der Waals surface area (Å²) >= 11 is 0. The first-order chi connectivity index (χ1) is 5.98. The van der Waals surface area contributed by atoms with Crippen molar-refractivity contribution in [1.82, 2.24) is 0 Å². The first-order valence-electron chi connectivity index (χ1n) is 3.89. The van der Waals surface area contributed by atoms with Crippen molar-refractivity contribution < 1.29 is 24.8 Å². The molecule has 3 N–H and O–H groups in total. The number of rotatable bonds is 2. The van der Waals surface area contributed by atoms with Crippen LogP contribution in [0.4, 0.5) is 0 Å². The van der Waals surface area contributed by atoms with E-state index in [1.165, 1.54) is 26.4 Å². The average molecular weight is 190 g/mol. The van der Waals surface area contributed by atoms with E-state index in [0.717, 1.165) is 0 Å². The zero-order valence-corrected chi connectivity index (χ0v) is 7.60. The summed E-state index contributed by atoms with van der Waals surface area (Å²) in [5.74, 6) is -3.68. The number of aliphatic hydroxyl groups is 3. The fourth-order valence-electron chi connectivity index (χ4n) is 1.30. The number of aliphatic hydroxyl groups excluding tert-OH is 1. The largest absolute Gasteiger partial charge is 0.382 e. The normalized spacial score (nSPS) is 45.2. The fourth-order valence-corrected chi connectivity index (χ4v) is 1.30. The molecule has 0 saturated carbocycles. The van der Waals surface area contributed by atoms with E-state index < -0.39 is 17.7 Å². The molecule has 0 bridgehead atoms. The molecule has 0 aliphatic heterocycles. The van der Waals surface area contributed by atoms with Crippen molar-refractivity contribution >= 4 is 0 Å². The predicted octanol–water partition coefficient (Wildman–Crippen LogP) is -1.02. The first-order valence-corrected chi connectivity index (χ1v) is 3.89. The van der Waals surface area contributed by atoms with Crippen LogP contribution >= 0.6 is 0 Å². The van der Waals surface area contributed by atoms with Crippen LogP contribution in [0.25, 0.3) is 0 Å². The minimum Gasteiger partial charge on any atom is -0.382 e. The summed E-state index contributed by atoms with van der Waals surface area (Å²) in [6.45, 7) is 0. The van der Waals surface area contributed by atoms with E-state index in [-0.39, 0.29) is 6.42 Å². The molecule has 0 radical (unpaired) electrons. The maximum atomic E-state index is 9.65. The van der Waals surface area contributed by atoms with Gasteiger partial charge < -0.3 is 24.8 Å². The Morgan fingerprint density at radius 3 is 2.38 bits per heavy atom.